The maximum absolute atomic E-state index is 5.53. The molecule has 1 heteroatoms. The molecular weight excluding hydrogens is 160 g/mol. The molecule has 2 aliphatic rings. The third-order valence-corrected chi connectivity index (χ3v) is 3.64. The second-order valence-electron chi connectivity index (χ2n) is 4.69. The van der Waals surface area contributed by atoms with E-state index in [-0.39, 0.29) is 0 Å². The molecule has 4 atom stereocenters. The van der Waals surface area contributed by atoms with Gasteiger partial charge < -0.3 is 4.74 Å². The van der Waals surface area contributed by atoms with Gasteiger partial charge in [-0.1, -0.05) is 26.2 Å². The molecule has 1 heterocycles. The van der Waals surface area contributed by atoms with E-state index in [0.29, 0.717) is 18.1 Å². The molecule has 75 valence electrons. The highest BCUT2D eigenvalue weighted by atomic mass is 16.6. The van der Waals surface area contributed by atoms with Gasteiger partial charge in [0.1, 0.15) is 0 Å². The predicted octanol–water partition coefficient (Wildman–Crippen LogP) is 3.19. The van der Waals surface area contributed by atoms with E-state index < -0.39 is 0 Å². The lowest BCUT2D eigenvalue weighted by Crippen LogP contribution is -2.20. The summed E-state index contributed by atoms with van der Waals surface area (Å²) >= 11 is 0. The molecule has 1 saturated heterocycles. The van der Waals surface area contributed by atoms with Gasteiger partial charge in [-0.3, -0.25) is 0 Å². The Labute approximate surface area is 81.9 Å². The molecule has 4 unspecified atom stereocenters. The zero-order chi connectivity index (χ0) is 9.26. The molecule has 1 aliphatic heterocycles. The number of unbranched alkanes of at least 4 members (excludes halogenated alkanes) is 1. The summed E-state index contributed by atoms with van der Waals surface area (Å²) in [4.78, 5) is 0. The van der Waals surface area contributed by atoms with Gasteiger partial charge in [0.15, 0.2) is 0 Å². The number of fused-ring (bicyclic) bond motifs is 1. The van der Waals surface area contributed by atoms with Crippen LogP contribution in [0.15, 0.2) is 0 Å². The topological polar surface area (TPSA) is 12.5 Å². The second kappa shape index (κ2) is 4.00. The SMILES string of the molecule is [CH2]C(CCCC)C1CCC2OC2C1. The van der Waals surface area contributed by atoms with Crippen LogP contribution in [0.1, 0.15) is 45.4 Å². The summed E-state index contributed by atoms with van der Waals surface area (Å²) in [7, 11) is 0. The number of rotatable bonds is 4. The van der Waals surface area contributed by atoms with Crippen LogP contribution in [-0.4, -0.2) is 12.2 Å². The first-order valence-electron chi connectivity index (χ1n) is 5.79. The third kappa shape index (κ3) is 2.25. The third-order valence-electron chi connectivity index (χ3n) is 3.64. The van der Waals surface area contributed by atoms with E-state index in [1.54, 1.807) is 0 Å². The van der Waals surface area contributed by atoms with E-state index in [0.717, 1.165) is 5.92 Å². The smallest absolute Gasteiger partial charge is 0.0844 e. The highest BCUT2D eigenvalue weighted by molar-refractivity contribution is 4.93. The molecule has 0 aromatic carbocycles. The van der Waals surface area contributed by atoms with Crippen molar-refractivity contribution in [3.63, 3.8) is 0 Å². The minimum atomic E-state index is 0.629. The molecule has 1 radical (unpaired) electrons. The Morgan fingerprint density at radius 2 is 2.23 bits per heavy atom. The van der Waals surface area contributed by atoms with Crippen LogP contribution in [-0.2, 0) is 4.74 Å². The van der Waals surface area contributed by atoms with Crippen molar-refractivity contribution in [2.45, 2.75) is 57.7 Å². The molecule has 13 heavy (non-hydrogen) atoms. The summed E-state index contributed by atoms with van der Waals surface area (Å²) in [5, 5.41) is 0. The maximum atomic E-state index is 5.53. The Morgan fingerprint density at radius 1 is 1.38 bits per heavy atom. The lowest BCUT2D eigenvalue weighted by Gasteiger charge is -2.25. The highest BCUT2D eigenvalue weighted by Gasteiger charge is 2.44. The molecule has 2 rings (SSSR count). The van der Waals surface area contributed by atoms with Gasteiger partial charge in [0.25, 0.3) is 0 Å². The Hall–Kier alpha value is -0.0400. The molecule has 0 aromatic rings. The van der Waals surface area contributed by atoms with Gasteiger partial charge in [-0.05, 0) is 38.0 Å². The van der Waals surface area contributed by atoms with E-state index in [9.17, 15) is 0 Å². The van der Waals surface area contributed by atoms with Crippen molar-refractivity contribution in [3.05, 3.63) is 6.92 Å². The van der Waals surface area contributed by atoms with Crippen LogP contribution in [0, 0.1) is 18.8 Å². The van der Waals surface area contributed by atoms with Crippen LogP contribution in [0.4, 0.5) is 0 Å². The summed E-state index contributed by atoms with van der Waals surface area (Å²) < 4.78 is 5.53. The van der Waals surface area contributed by atoms with Gasteiger partial charge in [-0.15, -0.1) is 0 Å². The Morgan fingerprint density at radius 3 is 2.92 bits per heavy atom. The Balaban J connectivity index is 1.72. The zero-order valence-electron chi connectivity index (χ0n) is 8.67. The molecule has 1 aliphatic carbocycles. The maximum Gasteiger partial charge on any atom is 0.0844 e. The minimum Gasteiger partial charge on any atom is -0.370 e. The summed E-state index contributed by atoms with van der Waals surface area (Å²) in [5.74, 6) is 1.54. The summed E-state index contributed by atoms with van der Waals surface area (Å²) in [6.45, 7) is 6.55. The summed E-state index contributed by atoms with van der Waals surface area (Å²) in [5.41, 5.74) is 0. The van der Waals surface area contributed by atoms with E-state index in [1.165, 1.54) is 38.5 Å². The Kier molecular flexibility index (Phi) is 2.92. The van der Waals surface area contributed by atoms with E-state index >= 15 is 0 Å². The first-order chi connectivity index (χ1) is 6.31. The van der Waals surface area contributed by atoms with Crippen LogP contribution >= 0.6 is 0 Å². The van der Waals surface area contributed by atoms with Crippen molar-refractivity contribution in [1.82, 2.24) is 0 Å². The van der Waals surface area contributed by atoms with E-state index in [4.69, 9.17) is 4.74 Å². The van der Waals surface area contributed by atoms with Crippen LogP contribution in [0.2, 0.25) is 0 Å². The lowest BCUT2D eigenvalue weighted by molar-refractivity contribution is 0.286. The lowest BCUT2D eigenvalue weighted by atomic mass is 9.79. The number of hydrogen-bond donors (Lipinski definition) is 0. The molecule has 1 nitrogen and oxygen atoms in total. The van der Waals surface area contributed by atoms with Gasteiger partial charge >= 0.3 is 0 Å². The average molecular weight is 181 g/mol. The minimum absolute atomic E-state index is 0.629. The van der Waals surface area contributed by atoms with Crippen LogP contribution in [0.25, 0.3) is 0 Å². The molecular formula is C12H21O. The van der Waals surface area contributed by atoms with Crippen molar-refractivity contribution in [1.29, 1.82) is 0 Å². The van der Waals surface area contributed by atoms with Gasteiger partial charge in [0.05, 0.1) is 12.2 Å². The molecule has 2 fully saturated rings. The summed E-state index contributed by atoms with van der Waals surface area (Å²) in [6.07, 6.45) is 9.20. The molecule has 0 N–H and O–H groups in total. The van der Waals surface area contributed by atoms with Crippen molar-refractivity contribution in [2.75, 3.05) is 0 Å². The van der Waals surface area contributed by atoms with Gasteiger partial charge in [0.2, 0.25) is 0 Å². The summed E-state index contributed by atoms with van der Waals surface area (Å²) in [6, 6.07) is 0. The van der Waals surface area contributed by atoms with Crippen LogP contribution < -0.4 is 0 Å². The highest BCUT2D eigenvalue weighted by Crippen LogP contribution is 2.42. The van der Waals surface area contributed by atoms with Crippen molar-refractivity contribution in [3.8, 4) is 0 Å². The van der Waals surface area contributed by atoms with Crippen LogP contribution in [0.3, 0.4) is 0 Å². The molecule has 0 amide bonds. The predicted molar refractivity (Wildman–Crippen MR) is 54.4 cm³/mol. The monoisotopic (exact) mass is 181 g/mol. The fourth-order valence-electron chi connectivity index (χ4n) is 2.57. The van der Waals surface area contributed by atoms with Crippen molar-refractivity contribution >= 4 is 0 Å². The number of hydrogen-bond acceptors (Lipinski definition) is 1. The fourth-order valence-corrected chi connectivity index (χ4v) is 2.57. The average Bonchev–Trinajstić information content (AvgIpc) is 2.91. The number of epoxide rings is 1. The first kappa shape index (κ1) is 9.51. The molecule has 1 saturated carbocycles. The van der Waals surface area contributed by atoms with E-state index in [2.05, 4.69) is 13.8 Å². The second-order valence-corrected chi connectivity index (χ2v) is 4.69. The molecule has 0 spiro atoms. The Bertz CT molecular complexity index is 167. The first-order valence-corrected chi connectivity index (χ1v) is 5.79. The van der Waals surface area contributed by atoms with Crippen molar-refractivity contribution < 1.29 is 4.74 Å². The largest absolute Gasteiger partial charge is 0.370 e. The number of ether oxygens (including phenoxy) is 1. The van der Waals surface area contributed by atoms with Crippen LogP contribution in [0.5, 0.6) is 0 Å². The molecule has 0 bridgehead atoms. The standard InChI is InChI=1S/C12H21O/c1-3-4-5-9(2)10-6-7-11-12(8-10)13-11/h9-12H,2-8H2,1H3. The van der Waals surface area contributed by atoms with Gasteiger partial charge in [0, 0.05) is 0 Å². The van der Waals surface area contributed by atoms with Gasteiger partial charge in [-0.2, -0.15) is 0 Å². The quantitative estimate of drug-likeness (QED) is 0.607. The normalized spacial score (nSPS) is 39.7. The van der Waals surface area contributed by atoms with Gasteiger partial charge in [-0.25, -0.2) is 0 Å². The fraction of sp³-hybridized carbons (Fsp3) is 0.917. The van der Waals surface area contributed by atoms with E-state index in [1.807, 2.05) is 0 Å². The molecule has 0 aromatic heterocycles. The zero-order valence-corrected chi connectivity index (χ0v) is 8.67. The van der Waals surface area contributed by atoms with Crippen molar-refractivity contribution in [2.24, 2.45) is 11.8 Å².